The molecule has 1 unspecified atom stereocenters. The van der Waals surface area contributed by atoms with Gasteiger partial charge in [-0.15, -0.1) is 0 Å². The molecule has 0 fully saturated rings. The lowest BCUT2D eigenvalue weighted by Crippen LogP contribution is -2.65. The van der Waals surface area contributed by atoms with E-state index in [-0.39, 0.29) is 37.0 Å². The third-order valence-corrected chi connectivity index (χ3v) is 7.68. The summed E-state index contributed by atoms with van der Waals surface area (Å²) in [4.78, 5) is 35.7. The predicted molar refractivity (Wildman–Crippen MR) is 143 cm³/mol. The van der Waals surface area contributed by atoms with Crippen molar-refractivity contribution in [2.24, 2.45) is 0 Å². The highest BCUT2D eigenvalue weighted by Gasteiger charge is 2.85. The van der Waals surface area contributed by atoms with Gasteiger partial charge in [0.1, 0.15) is 12.7 Å². The molecule has 0 bridgehead atoms. The number of aryl methyl sites for hydroxylation is 1. The van der Waals surface area contributed by atoms with Crippen LogP contribution in [0, 0.1) is 6.92 Å². The molecule has 0 radical (unpaired) electrons. The third-order valence-electron chi connectivity index (χ3n) is 5.78. The van der Waals surface area contributed by atoms with Gasteiger partial charge in [-0.25, -0.2) is 22.8 Å². The van der Waals surface area contributed by atoms with Crippen LogP contribution in [0.4, 0.5) is 60.5 Å². The lowest BCUT2D eigenvalue weighted by molar-refractivity contribution is -0.382. The molecule has 1 rings (SSSR count). The largest absolute Gasteiger partial charge is 0.460 e. The van der Waals surface area contributed by atoms with E-state index in [2.05, 4.69) is 17.2 Å². The maximum atomic E-state index is 13.9. The molecular formula is C25H30F9N3O8S. The Kier molecular flexibility index (Phi) is 13.3. The van der Waals surface area contributed by atoms with Crippen LogP contribution in [0.3, 0.4) is 0 Å². The monoisotopic (exact) mass is 703 g/mol. The van der Waals surface area contributed by atoms with E-state index in [1.165, 1.54) is 32.0 Å². The summed E-state index contributed by atoms with van der Waals surface area (Å²) in [5, 5.41) is -2.14. The van der Waals surface area contributed by atoms with Crippen molar-refractivity contribution in [1.29, 1.82) is 0 Å². The summed E-state index contributed by atoms with van der Waals surface area (Å²) in [5.74, 6) is -15.4. The fourth-order valence-corrected chi connectivity index (χ4v) is 4.31. The van der Waals surface area contributed by atoms with Gasteiger partial charge in [0.2, 0.25) is 0 Å². The first kappa shape index (κ1) is 40.3. The van der Waals surface area contributed by atoms with Gasteiger partial charge in [-0.05, 0) is 51.3 Å². The van der Waals surface area contributed by atoms with Crippen LogP contribution >= 0.6 is 0 Å². The van der Waals surface area contributed by atoms with Crippen molar-refractivity contribution >= 4 is 39.6 Å². The summed E-state index contributed by atoms with van der Waals surface area (Å²) < 4.78 is 156. The molecule has 0 heterocycles. The minimum absolute atomic E-state index is 0.0963. The number of esters is 1. The molecule has 1 atom stereocenters. The zero-order chi connectivity index (χ0) is 35.9. The number of ether oxygens (including phenoxy) is 3. The van der Waals surface area contributed by atoms with E-state index in [4.69, 9.17) is 14.2 Å². The van der Waals surface area contributed by atoms with Crippen LogP contribution in [0.1, 0.15) is 32.3 Å². The SMILES string of the molecule is C=C(C)C(=O)OCC(C)OC(=O)Nc1cc(NC(=O)OCCCCN(C)S(=O)(=O)C(F)(F)C(F)(F)C(F)(F)C(F)(F)F)ccc1C. The minimum atomic E-state index is -7.38. The quantitative estimate of drug-likeness (QED) is 0.0738. The molecule has 0 aliphatic heterocycles. The van der Waals surface area contributed by atoms with Crippen molar-refractivity contribution in [3.05, 3.63) is 35.9 Å². The molecule has 0 aliphatic carbocycles. The number of nitrogens with one attached hydrogen (secondary N) is 2. The van der Waals surface area contributed by atoms with Gasteiger partial charge in [0, 0.05) is 30.5 Å². The summed E-state index contributed by atoms with van der Waals surface area (Å²) in [5.41, 5.74) is 0.961. The van der Waals surface area contributed by atoms with E-state index in [1.807, 2.05) is 0 Å². The fourth-order valence-electron chi connectivity index (χ4n) is 3.10. The van der Waals surface area contributed by atoms with E-state index in [0.29, 0.717) is 5.56 Å². The van der Waals surface area contributed by atoms with Gasteiger partial charge in [0.25, 0.3) is 10.0 Å². The normalized spacial score (nSPS) is 13.5. The molecule has 0 saturated heterocycles. The highest BCUT2D eigenvalue weighted by atomic mass is 32.2. The molecule has 262 valence electrons. The van der Waals surface area contributed by atoms with E-state index in [9.17, 15) is 62.3 Å². The molecule has 46 heavy (non-hydrogen) atoms. The summed E-state index contributed by atoms with van der Waals surface area (Å²) in [6.07, 6.45) is -10.8. The Morgan fingerprint density at radius 3 is 2.07 bits per heavy atom. The average Bonchev–Trinajstić information content (AvgIpc) is 2.91. The highest BCUT2D eigenvalue weighted by Crippen LogP contribution is 2.55. The number of nitrogens with zero attached hydrogens (tertiary/aromatic N) is 1. The number of sulfonamides is 1. The smallest absolute Gasteiger partial charge is 0.458 e. The number of hydrogen-bond donors (Lipinski definition) is 2. The number of rotatable bonds is 15. The van der Waals surface area contributed by atoms with Crippen LogP contribution in [0.15, 0.2) is 30.4 Å². The van der Waals surface area contributed by atoms with Crippen molar-refractivity contribution in [1.82, 2.24) is 4.31 Å². The molecule has 0 aliphatic rings. The molecule has 0 saturated carbocycles. The van der Waals surface area contributed by atoms with Crippen LogP contribution in [0.2, 0.25) is 0 Å². The van der Waals surface area contributed by atoms with Gasteiger partial charge in [-0.3, -0.25) is 10.6 Å². The van der Waals surface area contributed by atoms with Crippen LogP contribution < -0.4 is 10.6 Å². The number of hydrogen-bond acceptors (Lipinski definition) is 8. The first-order chi connectivity index (χ1) is 20.8. The molecule has 2 N–H and O–H groups in total. The average molecular weight is 704 g/mol. The molecule has 0 spiro atoms. The van der Waals surface area contributed by atoms with Crippen molar-refractivity contribution in [2.75, 3.05) is 37.4 Å². The van der Waals surface area contributed by atoms with E-state index < -0.39 is 81.4 Å². The first-order valence-electron chi connectivity index (χ1n) is 12.8. The molecule has 1 aromatic carbocycles. The van der Waals surface area contributed by atoms with Gasteiger partial charge >= 0.3 is 41.4 Å². The van der Waals surface area contributed by atoms with Gasteiger partial charge in [0.15, 0.2) is 0 Å². The minimum Gasteiger partial charge on any atom is -0.458 e. The second kappa shape index (κ2) is 15.2. The zero-order valence-electron chi connectivity index (χ0n) is 24.6. The van der Waals surface area contributed by atoms with Gasteiger partial charge in [-0.1, -0.05) is 12.6 Å². The lowest BCUT2D eigenvalue weighted by Gasteiger charge is -2.34. The standard InChI is InChI=1S/C25H30F9N3O8S/c1-14(2)19(38)44-13-16(4)45-21(40)36-18-12-17(9-8-15(18)3)35-20(39)43-11-7-6-10-37(5)46(41,42)25(33,34)23(28,29)22(26,27)24(30,31)32/h8-9,12,16H,1,6-7,10-11,13H2,2-5H3,(H,35,39)(H,36,40). The van der Waals surface area contributed by atoms with Gasteiger partial charge in [0.05, 0.1) is 6.61 Å². The fraction of sp³-hybridized carbons (Fsp3) is 0.560. The number of unbranched alkanes of at least 4 members (excludes halogenated alkanes) is 1. The summed E-state index contributed by atoms with van der Waals surface area (Å²) >= 11 is 0. The number of carbonyl (C=O) groups excluding carboxylic acids is 3. The van der Waals surface area contributed by atoms with Crippen molar-refractivity contribution in [3.8, 4) is 0 Å². The van der Waals surface area contributed by atoms with Crippen LogP contribution in [0.5, 0.6) is 0 Å². The van der Waals surface area contributed by atoms with Crippen LogP contribution in [-0.4, -0.2) is 87.1 Å². The molecular weight excluding hydrogens is 673 g/mol. The maximum absolute atomic E-state index is 13.9. The zero-order valence-corrected chi connectivity index (χ0v) is 25.4. The lowest BCUT2D eigenvalue weighted by atomic mass is 10.1. The van der Waals surface area contributed by atoms with Crippen molar-refractivity contribution in [3.63, 3.8) is 0 Å². The molecule has 21 heteroatoms. The van der Waals surface area contributed by atoms with Gasteiger partial charge < -0.3 is 14.2 Å². The Balaban J connectivity index is 2.65. The Hall–Kier alpha value is -3.75. The second-order valence-electron chi connectivity index (χ2n) is 9.71. The predicted octanol–water partition coefficient (Wildman–Crippen LogP) is 6.07. The number of anilines is 2. The third kappa shape index (κ3) is 9.63. The summed E-state index contributed by atoms with van der Waals surface area (Å²) in [6, 6.07) is 4.20. The van der Waals surface area contributed by atoms with Crippen LogP contribution in [-0.2, 0) is 29.0 Å². The van der Waals surface area contributed by atoms with Crippen molar-refractivity contribution < 1.29 is 76.5 Å². The summed E-state index contributed by atoms with van der Waals surface area (Å²) in [6.45, 7) is 6.10. The van der Waals surface area contributed by atoms with E-state index >= 15 is 0 Å². The number of amides is 2. The maximum Gasteiger partial charge on any atom is 0.460 e. The molecule has 1 aromatic rings. The molecule has 0 aromatic heterocycles. The topological polar surface area (TPSA) is 140 Å². The number of carbonyl (C=O) groups is 3. The first-order valence-corrected chi connectivity index (χ1v) is 14.2. The Bertz CT molecular complexity index is 1390. The number of halogens is 9. The highest BCUT2D eigenvalue weighted by molar-refractivity contribution is 7.90. The van der Waals surface area contributed by atoms with Crippen molar-refractivity contribution in [2.45, 2.75) is 63.0 Å². The molecule has 2 amide bonds. The Morgan fingerprint density at radius 1 is 0.935 bits per heavy atom. The van der Waals surface area contributed by atoms with E-state index in [0.717, 1.165) is 0 Å². The van der Waals surface area contributed by atoms with Gasteiger partial charge in [-0.2, -0.15) is 43.8 Å². The number of benzene rings is 1. The second-order valence-corrected chi connectivity index (χ2v) is 11.8. The molecule has 11 nitrogen and oxygen atoms in total. The van der Waals surface area contributed by atoms with E-state index in [1.54, 1.807) is 6.92 Å². The van der Waals surface area contributed by atoms with Crippen LogP contribution in [0.25, 0.3) is 0 Å². The summed E-state index contributed by atoms with van der Waals surface area (Å²) in [7, 11) is -6.47. The Morgan fingerprint density at radius 2 is 1.52 bits per heavy atom. The number of alkyl halides is 9. The Labute approximate surface area is 257 Å².